The van der Waals surface area contributed by atoms with E-state index in [2.05, 4.69) is 9.97 Å². The largest absolute Gasteiger partial charge is 0.338 e. The van der Waals surface area contributed by atoms with E-state index in [9.17, 15) is 13.2 Å². The number of hydrogen-bond donors (Lipinski definition) is 1. The quantitative estimate of drug-likeness (QED) is 0.648. The van der Waals surface area contributed by atoms with Gasteiger partial charge in [-0.25, -0.2) is 13.4 Å². The molecule has 1 aromatic heterocycles. The lowest BCUT2D eigenvalue weighted by molar-refractivity contribution is 0.0747. The van der Waals surface area contributed by atoms with E-state index in [1.807, 2.05) is 36.4 Å². The lowest BCUT2D eigenvalue weighted by Crippen LogP contribution is -2.37. The van der Waals surface area contributed by atoms with Gasteiger partial charge in [0.1, 0.15) is 0 Å². The van der Waals surface area contributed by atoms with E-state index in [-0.39, 0.29) is 23.5 Å². The number of nitrogens with one attached hydrogen (secondary N) is 1. The molecule has 4 rings (SSSR count). The van der Waals surface area contributed by atoms with Crippen molar-refractivity contribution >= 4 is 38.5 Å². The summed E-state index contributed by atoms with van der Waals surface area (Å²) in [6.07, 6.45) is 0.511. The fourth-order valence-corrected chi connectivity index (χ4v) is 5.96. The van der Waals surface area contributed by atoms with Gasteiger partial charge in [0.05, 0.1) is 22.5 Å². The number of hydrogen-bond acceptors (Lipinski definition) is 5. The number of H-pyrrole nitrogens is 1. The van der Waals surface area contributed by atoms with Crippen LogP contribution in [0, 0.1) is 0 Å². The number of nitrogens with zero attached hydrogens (tertiary/aromatic N) is 2. The number of para-hydroxylation sites is 2. The first kappa shape index (κ1) is 19.0. The van der Waals surface area contributed by atoms with E-state index in [0.717, 1.165) is 27.5 Å². The van der Waals surface area contributed by atoms with E-state index in [1.54, 1.807) is 35.8 Å². The normalized spacial score (nSPS) is 18.4. The summed E-state index contributed by atoms with van der Waals surface area (Å²) in [4.78, 5) is 22.0. The molecule has 1 unspecified atom stereocenters. The lowest BCUT2D eigenvalue weighted by atomic mass is 10.1. The van der Waals surface area contributed by atoms with Crippen molar-refractivity contribution in [3.63, 3.8) is 0 Å². The summed E-state index contributed by atoms with van der Waals surface area (Å²) in [5.74, 6) is 0.818. The first-order valence-corrected chi connectivity index (χ1v) is 11.9. The van der Waals surface area contributed by atoms with Crippen LogP contribution in [0.3, 0.4) is 0 Å². The van der Waals surface area contributed by atoms with E-state index < -0.39 is 9.84 Å². The van der Waals surface area contributed by atoms with Gasteiger partial charge in [0.2, 0.25) is 0 Å². The monoisotopic (exact) mass is 415 g/mol. The van der Waals surface area contributed by atoms with Crippen molar-refractivity contribution in [2.24, 2.45) is 0 Å². The predicted molar refractivity (Wildman–Crippen MR) is 111 cm³/mol. The molecule has 0 aliphatic carbocycles. The molecule has 1 saturated heterocycles. The molecule has 2 aromatic carbocycles. The van der Waals surface area contributed by atoms with Crippen molar-refractivity contribution in [2.45, 2.75) is 23.4 Å². The number of imidazole rings is 1. The summed E-state index contributed by atoms with van der Waals surface area (Å²) >= 11 is 1.61. The van der Waals surface area contributed by atoms with Gasteiger partial charge in [-0.15, -0.1) is 0 Å². The molecular weight excluding hydrogens is 394 g/mol. The molecule has 1 N–H and O–H groups in total. The summed E-state index contributed by atoms with van der Waals surface area (Å²) in [5, 5.41) is 0.864. The first-order valence-electron chi connectivity index (χ1n) is 9.05. The molecule has 1 aliphatic rings. The molecule has 1 fully saturated rings. The van der Waals surface area contributed by atoms with Gasteiger partial charge < -0.3 is 9.88 Å². The van der Waals surface area contributed by atoms with Crippen molar-refractivity contribution in [2.75, 3.05) is 18.6 Å². The number of carbonyl (C=O) groups excluding carboxylic acids is 1. The third-order valence-corrected chi connectivity index (χ3v) is 7.72. The number of rotatable bonds is 5. The second-order valence-electron chi connectivity index (χ2n) is 7.02. The fraction of sp³-hybridized carbons (Fsp3) is 0.300. The van der Waals surface area contributed by atoms with Crippen LogP contribution in [0.25, 0.3) is 11.0 Å². The van der Waals surface area contributed by atoms with Crippen molar-refractivity contribution < 1.29 is 13.2 Å². The Balaban J connectivity index is 1.38. The summed E-state index contributed by atoms with van der Waals surface area (Å²) in [6, 6.07) is 15.1. The van der Waals surface area contributed by atoms with Crippen LogP contribution in [-0.2, 0) is 15.6 Å². The van der Waals surface area contributed by atoms with Crippen molar-refractivity contribution in [3.05, 3.63) is 59.7 Å². The van der Waals surface area contributed by atoms with E-state index >= 15 is 0 Å². The van der Waals surface area contributed by atoms with Crippen LogP contribution >= 0.6 is 11.8 Å². The Morgan fingerprint density at radius 1 is 1.21 bits per heavy atom. The summed E-state index contributed by atoms with van der Waals surface area (Å²) in [5.41, 5.74) is 3.63. The summed E-state index contributed by atoms with van der Waals surface area (Å²) in [7, 11) is -1.33. The lowest BCUT2D eigenvalue weighted by Gasteiger charge is -2.23. The van der Waals surface area contributed by atoms with Gasteiger partial charge in [0.25, 0.3) is 5.91 Å². The average molecular weight is 416 g/mol. The second kappa shape index (κ2) is 7.60. The number of amides is 1. The highest BCUT2D eigenvalue weighted by Crippen LogP contribution is 2.24. The van der Waals surface area contributed by atoms with Crippen molar-refractivity contribution in [3.8, 4) is 0 Å². The average Bonchev–Trinajstić information content (AvgIpc) is 3.28. The zero-order valence-corrected chi connectivity index (χ0v) is 17.1. The Bertz CT molecular complexity index is 1070. The smallest absolute Gasteiger partial charge is 0.253 e. The molecular formula is C20H21N3O3S2. The number of thioether (sulfide) groups is 1. The Morgan fingerprint density at radius 2 is 1.96 bits per heavy atom. The third kappa shape index (κ3) is 4.07. The molecule has 1 amide bonds. The molecule has 2 heterocycles. The number of benzene rings is 2. The van der Waals surface area contributed by atoms with E-state index in [1.165, 1.54) is 0 Å². The molecule has 0 saturated carbocycles. The van der Waals surface area contributed by atoms with Gasteiger partial charge >= 0.3 is 0 Å². The molecule has 6 nitrogen and oxygen atoms in total. The maximum Gasteiger partial charge on any atom is 0.253 e. The van der Waals surface area contributed by atoms with Crippen LogP contribution in [-0.4, -0.2) is 53.8 Å². The molecule has 28 heavy (non-hydrogen) atoms. The predicted octanol–water partition coefficient (Wildman–Crippen LogP) is 3.11. The fourth-order valence-electron chi connectivity index (χ4n) is 3.34. The number of aromatic nitrogens is 2. The number of fused-ring (bicyclic) bond motifs is 1. The highest BCUT2D eigenvalue weighted by molar-refractivity contribution is 7.98. The van der Waals surface area contributed by atoms with Crippen LogP contribution in [0.1, 0.15) is 22.3 Å². The number of aromatic amines is 1. The Kier molecular flexibility index (Phi) is 5.16. The van der Waals surface area contributed by atoms with Crippen LogP contribution in [0.4, 0.5) is 0 Å². The van der Waals surface area contributed by atoms with Crippen molar-refractivity contribution in [1.29, 1.82) is 0 Å². The Hall–Kier alpha value is -2.32. The summed E-state index contributed by atoms with van der Waals surface area (Å²) < 4.78 is 23.3. The zero-order valence-electron chi connectivity index (χ0n) is 15.5. The Morgan fingerprint density at radius 3 is 2.64 bits per heavy atom. The number of carbonyl (C=O) groups is 1. The van der Waals surface area contributed by atoms with Crippen LogP contribution in [0.5, 0.6) is 0 Å². The van der Waals surface area contributed by atoms with Gasteiger partial charge in [-0.1, -0.05) is 36.0 Å². The van der Waals surface area contributed by atoms with Crippen molar-refractivity contribution in [1.82, 2.24) is 14.9 Å². The topological polar surface area (TPSA) is 83.1 Å². The molecule has 0 bridgehead atoms. The van der Waals surface area contributed by atoms with Gasteiger partial charge in [-0.3, -0.25) is 4.79 Å². The Labute approximate surface area is 168 Å². The second-order valence-corrected chi connectivity index (χ2v) is 10.2. The maximum absolute atomic E-state index is 12.6. The van der Waals surface area contributed by atoms with Gasteiger partial charge in [0, 0.05) is 24.4 Å². The SMILES string of the molecule is CN(C(=O)c1ccc(CSc2nc3ccccc3[nH]2)cc1)C1CCS(=O)(=O)C1. The molecule has 0 radical (unpaired) electrons. The molecule has 0 spiro atoms. The zero-order chi connectivity index (χ0) is 19.7. The van der Waals surface area contributed by atoms with Crippen LogP contribution in [0.2, 0.25) is 0 Å². The van der Waals surface area contributed by atoms with E-state index in [0.29, 0.717) is 12.0 Å². The van der Waals surface area contributed by atoms with Gasteiger partial charge in [-0.05, 0) is 36.2 Å². The standard InChI is InChI=1S/C20H21N3O3S2/c1-23(16-10-11-28(25,26)13-16)19(24)15-8-6-14(7-9-15)12-27-20-21-17-4-2-3-5-18(17)22-20/h2-9,16H,10-13H2,1H3,(H,21,22). The molecule has 1 aliphatic heterocycles. The van der Waals surface area contributed by atoms with Crippen LogP contribution in [0.15, 0.2) is 53.7 Å². The minimum atomic E-state index is -3.01. The van der Waals surface area contributed by atoms with Gasteiger partial charge in [0.15, 0.2) is 15.0 Å². The molecule has 1 atom stereocenters. The summed E-state index contributed by atoms with van der Waals surface area (Å²) in [6.45, 7) is 0. The molecule has 3 aromatic rings. The third-order valence-electron chi connectivity index (χ3n) is 5.02. The maximum atomic E-state index is 12.6. The van der Waals surface area contributed by atoms with E-state index in [4.69, 9.17) is 0 Å². The highest BCUT2D eigenvalue weighted by atomic mass is 32.2. The van der Waals surface area contributed by atoms with Gasteiger partial charge in [-0.2, -0.15) is 0 Å². The van der Waals surface area contributed by atoms with Crippen LogP contribution < -0.4 is 0 Å². The number of sulfone groups is 1. The first-order chi connectivity index (χ1) is 13.4. The molecule has 146 valence electrons. The molecule has 8 heteroatoms. The highest BCUT2D eigenvalue weighted by Gasteiger charge is 2.32. The minimum absolute atomic E-state index is 0.0570. The minimum Gasteiger partial charge on any atom is -0.338 e.